The largest absolute Gasteiger partial charge is 0.333 e. The number of benzene rings is 2. The molecule has 6 nitrogen and oxygen atoms in total. The number of hydrogen-bond acceptors (Lipinski definition) is 6. The van der Waals surface area contributed by atoms with Gasteiger partial charge in [-0.05, 0) is 42.5 Å². The van der Waals surface area contributed by atoms with Crippen molar-refractivity contribution in [3.63, 3.8) is 0 Å². The van der Waals surface area contributed by atoms with Crippen LogP contribution in [0.4, 0.5) is 5.69 Å². The van der Waals surface area contributed by atoms with Crippen molar-refractivity contribution in [2.24, 2.45) is 0 Å². The molecule has 0 N–H and O–H groups in total. The minimum atomic E-state index is -3.79. The Bertz CT molecular complexity index is 1260. The zero-order chi connectivity index (χ0) is 21.3. The second kappa shape index (κ2) is 8.04. The summed E-state index contributed by atoms with van der Waals surface area (Å²) in [6.07, 6.45) is 0.895. The van der Waals surface area contributed by atoms with E-state index in [0.29, 0.717) is 16.4 Å². The average Bonchev–Trinajstić information content (AvgIpc) is 3.43. The summed E-state index contributed by atoms with van der Waals surface area (Å²) in [4.78, 5) is 5.01. The van der Waals surface area contributed by atoms with Gasteiger partial charge in [-0.15, -0.1) is 11.3 Å². The summed E-state index contributed by atoms with van der Waals surface area (Å²) in [5.41, 5.74) is 3.68. The number of hydrogen-bond donors (Lipinski definition) is 0. The van der Waals surface area contributed by atoms with E-state index in [1.807, 2.05) is 55.5 Å². The minimum absolute atomic E-state index is 0.147. The maximum Gasteiger partial charge on any atom is 0.269 e. The number of aromatic nitrogens is 2. The van der Waals surface area contributed by atoms with Crippen molar-refractivity contribution in [1.29, 1.82) is 0 Å². The highest BCUT2D eigenvalue weighted by atomic mass is 32.2. The van der Waals surface area contributed by atoms with Crippen LogP contribution in [-0.4, -0.2) is 25.6 Å². The van der Waals surface area contributed by atoms with Crippen LogP contribution in [0, 0.1) is 6.92 Å². The highest BCUT2D eigenvalue weighted by molar-refractivity contribution is 7.93. The van der Waals surface area contributed by atoms with Crippen molar-refractivity contribution in [2.75, 3.05) is 11.4 Å². The molecule has 0 bridgehead atoms. The fraction of sp³-hybridized carbons (Fsp3) is 0.182. The van der Waals surface area contributed by atoms with Crippen molar-refractivity contribution >= 4 is 27.0 Å². The molecule has 0 amide bonds. The molecule has 30 heavy (non-hydrogen) atoms. The lowest BCUT2D eigenvalue weighted by Crippen LogP contribution is -2.26. The third kappa shape index (κ3) is 3.76. The molecule has 0 spiro atoms. The summed E-state index contributed by atoms with van der Waals surface area (Å²) in [5, 5.41) is 5.74. The molecule has 8 heteroatoms. The molecule has 2 aromatic heterocycles. The third-order valence-electron chi connectivity index (χ3n) is 4.91. The molecule has 2 heterocycles. The molecular formula is C22H21N3O3S2. The first-order valence-corrected chi connectivity index (χ1v) is 11.8. The fourth-order valence-corrected chi connectivity index (χ4v) is 5.53. The number of thiophene rings is 1. The standard InChI is InChI=1S/C22H21N3O3S2/c1-4-16-7-11-18(12-8-16)25(3)30(26,27)19-13-14-29-20(19)22-23-21(24-28-22)17-9-5-15(2)6-10-17/h5-14H,4H2,1-3H3. The lowest BCUT2D eigenvalue weighted by Gasteiger charge is -2.19. The first-order valence-electron chi connectivity index (χ1n) is 9.46. The van der Waals surface area contributed by atoms with E-state index in [9.17, 15) is 8.42 Å². The highest BCUT2D eigenvalue weighted by Gasteiger charge is 2.28. The number of sulfonamides is 1. The Morgan fingerprint density at radius 3 is 2.40 bits per heavy atom. The van der Waals surface area contributed by atoms with Crippen molar-refractivity contribution in [3.05, 3.63) is 71.1 Å². The number of nitrogens with zero attached hydrogens (tertiary/aromatic N) is 3. The summed E-state index contributed by atoms with van der Waals surface area (Å²) in [6.45, 7) is 4.06. The third-order valence-corrected chi connectivity index (χ3v) is 7.77. The molecule has 0 saturated carbocycles. The van der Waals surface area contributed by atoms with Gasteiger partial charge in [0.15, 0.2) is 0 Å². The lowest BCUT2D eigenvalue weighted by atomic mass is 10.1. The van der Waals surface area contributed by atoms with Crippen LogP contribution in [0.1, 0.15) is 18.1 Å². The molecule has 0 radical (unpaired) electrons. The summed E-state index contributed by atoms with van der Waals surface area (Å²) >= 11 is 1.26. The number of aryl methyl sites for hydroxylation is 2. The molecule has 0 fully saturated rings. The predicted octanol–water partition coefficient (Wildman–Crippen LogP) is 5.16. The van der Waals surface area contributed by atoms with Crippen LogP contribution in [0.15, 0.2) is 69.4 Å². The van der Waals surface area contributed by atoms with Crippen LogP contribution in [0.2, 0.25) is 0 Å². The number of anilines is 1. The first-order chi connectivity index (χ1) is 14.4. The van der Waals surface area contributed by atoms with Crippen molar-refractivity contribution in [1.82, 2.24) is 10.1 Å². The Morgan fingerprint density at radius 1 is 1.03 bits per heavy atom. The Kier molecular flexibility index (Phi) is 5.44. The summed E-state index contributed by atoms with van der Waals surface area (Å²) in [6, 6.07) is 16.8. The van der Waals surface area contributed by atoms with Crippen molar-refractivity contribution in [2.45, 2.75) is 25.2 Å². The zero-order valence-electron chi connectivity index (χ0n) is 16.9. The van der Waals surface area contributed by atoms with Crippen LogP contribution in [0.3, 0.4) is 0 Å². The molecular weight excluding hydrogens is 418 g/mol. The van der Waals surface area contributed by atoms with Crippen LogP contribution in [-0.2, 0) is 16.4 Å². The fourth-order valence-electron chi connectivity index (χ4n) is 3.02. The topological polar surface area (TPSA) is 76.3 Å². The van der Waals surface area contributed by atoms with Gasteiger partial charge in [0.25, 0.3) is 15.9 Å². The van der Waals surface area contributed by atoms with E-state index in [-0.39, 0.29) is 10.8 Å². The van der Waals surface area contributed by atoms with Gasteiger partial charge < -0.3 is 4.52 Å². The van der Waals surface area contributed by atoms with Gasteiger partial charge in [0.1, 0.15) is 9.77 Å². The highest BCUT2D eigenvalue weighted by Crippen LogP contribution is 2.35. The first kappa shape index (κ1) is 20.3. The maximum absolute atomic E-state index is 13.3. The Morgan fingerprint density at radius 2 is 1.73 bits per heavy atom. The van der Waals surface area contributed by atoms with E-state index < -0.39 is 10.0 Å². The molecule has 0 saturated heterocycles. The quantitative estimate of drug-likeness (QED) is 0.415. The molecule has 4 aromatic rings. The second-order valence-electron chi connectivity index (χ2n) is 6.90. The molecule has 0 aliphatic carbocycles. The Hall–Kier alpha value is -2.97. The van der Waals surface area contributed by atoms with E-state index in [2.05, 4.69) is 17.1 Å². The second-order valence-corrected chi connectivity index (χ2v) is 9.75. The molecule has 0 aliphatic rings. The van der Waals surface area contributed by atoms with Gasteiger partial charge in [-0.1, -0.05) is 54.0 Å². The van der Waals surface area contributed by atoms with Gasteiger partial charge in [0, 0.05) is 12.6 Å². The predicted molar refractivity (Wildman–Crippen MR) is 119 cm³/mol. The minimum Gasteiger partial charge on any atom is -0.333 e. The molecule has 4 rings (SSSR count). The molecule has 154 valence electrons. The van der Waals surface area contributed by atoms with E-state index in [1.165, 1.54) is 15.6 Å². The van der Waals surface area contributed by atoms with Gasteiger partial charge in [-0.25, -0.2) is 8.42 Å². The lowest BCUT2D eigenvalue weighted by molar-refractivity contribution is 0.432. The monoisotopic (exact) mass is 439 g/mol. The number of rotatable bonds is 6. The van der Waals surface area contributed by atoms with E-state index >= 15 is 0 Å². The van der Waals surface area contributed by atoms with Crippen LogP contribution in [0.5, 0.6) is 0 Å². The Labute approximate surface area is 179 Å². The smallest absolute Gasteiger partial charge is 0.269 e. The summed E-state index contributed by atoms with van der Waals surface area (Å²) in [5.74, 6) is 0.610. The van der Waals surface area contributed by atoms with Gasteiger partial charge in [0.2, 0.25) is 5.82 Å². The van der Waals surface area contributed by atoms with Gasteiger partial charge in [-0.3, -0.25) is 4.31 Å². The van der Waals surface area contributed by atoms with Gasteiger partial charge >= 0.3 is 0 Å². The van der Waals surface area contributed by atoms with Crippen LogP contribution >= 0.6 is 11.3 Å². The summed E-state index contributed by atoms with van der Waals surface area (Å²) in [7, 11) is -2.25. The van der Waals surface area contributed by atoms with Crippen LogP contribution in [0.25, 0.3) is 22.2 Å². The molecule has 0 unspecified atom stereocenters. The van der Waals surface area contributed by atoms with Crippen molar-refractivity contribution in [3.8, 4) is 22.2 Å². The molecule has 0 atom stereocenters. The maximum atomic E-state index is 13.3. The SMILES string of the molecule is CCc1ccc(N(C)S(=O)(=O)c2ccsc2-c2nc(-c3ccc(C)cc3)no2)cc1. The Balaban J connectivity index is 1.68. The normalized spacial score (nSPS) is 11.6. The van der Waals surface area contributed by atoms with E-state index in [4.69, 9.17) is 4.52 Å². The molecule has 2 aromatic carbocycles. The zero-order valence-corrected chi connectivity index (χ0v) is 18.5. The van der Waals surface area contributed by atoms with E-state index in [0.717, 1.165) is 23.1 Å². The average molecular weight is 440 g/mol. The molecule has 0 aliphatic heterocycles. The van der Waals surface area contributed by atoms with E-state index in [1.54, 1.807) is 18.5 Å². The van der Waals surface area contributed by atoms with Crippen LogP contribution < -0.4 is 4.31 Å². The summed E-state index contributed by atoms with van der Waals surface area (Å²) < 4.78 is 33.3. The van der Waals surface area contributed by atoms with Gasteiger partial charge in [-0.2, -0.15) is 4.98 Å². The van der Waals surface area contributed by atoms with Crippen molar-refractivity contribution < 1.29 is 12.9 Å². The van der Waals surface area contributed by atoms with Gasteiger partial charge in [0.05, 0.1) is 5.69 Å².